The Labute approximate surface area is 184 Å². The molecule has 0 unspecified atom stereocenters. The van der Waals surface area contributed by atoms with Crippen molar-refractivity contribution < 1.29 is 9.53 Å². The monoisotopic (exact) mass is 428 g/mol. The summed E-state index contributed by atoms with van der Waals surface area (Å²) in [5, 5.41) is 12.4. The number of anilines is 1. The van der Waals surface area contributed by atoms with Crippen molar-refractivity contribution in [3.05, 3.63) is 94.9 Å². The lowest BCUT2D eigenvalue weighted by Gasteiger charge is -2.11. The highest BCUT2D eigenvalue weighted by atomic mass is 32.1. The van der Waals surface area contributed by atoms with Gasteiger partial charge in [0.25, 0.3) is 0 Å². The molecule has 7 heteroatoms. The number of benzene rings is 2. The molecule has 0 saturated heterocycles. The maximum absolute atomic E-state index is 11.6. The number of esters is 1. The summed E-state index contributed by atoms with van der Waals surface area (Å²) in [4.78, 5) is 17.5. The second kappa shape index (κ2) is 9.28. The summed E-state index contributed by atoms with van der Waals surface area (Å²) in [7, 11) is 1.39. The first-order chi connectivity index (χ1) is 15.2. The van der Waals surface area contributed by atoms with Gasteiger partial charge < -0.3 is 14.6 Å². The van der Waals surface area contributed by atoms with Crippen molar-refractivity contribution in [1.82, 2.24) is 9.55 Å². The van der Waals surface area contributed by atoms with Crippen LogP contribution in [0.5, 0.6) is 0 Å². The minimum Gasteiger partial charge on any atom is -0.465 e. The molecule has 0 aliphatic carbocycles. The fraction of sp³-hybridized carbons (Fsp3) is 0.125. The standard InChI is InChI=1S/C24H20N4O2S/c1-30-24(29)23-11-10-22(31-23)19-6-8-20(9-7-19)27-14-21-13-26-16-28(21)15-18-4-2-17(12-25)3-5-18/h2-11,13,16,27H,14-15H2,1H3. The number of nitriles is 1. The molecule has 0 aliphatic rings. The number of hydrogen-bond acceptors (Lipinski definition) is 6. The van der Waals surface area contributed by atoms with Gasteiger partial charge in [0.1, 0.15) is 4.88 Å². The van der Waals surface area contributed by atoms with Crippen LogP contribution in [0, 0.1) is 11.3 Å². The molecule has 0 amide bonds. The van der Waals surface area contributed by atoms with E-state index in [2.05, 4.69) is 20.9 Å². The summed E-state index contributed by atoms with van der Waals surface area (Å²) in [6.45, 7) is 1.34. The zero-order chi connectivity index (χ0) is 21.6. The van der Waals surface area contributed by atoms with Crippen molar-refractivity contribution in [2.24, 2.45) is 0 Å². The highest BCUT2D eigenvalue weighted by molar-refractivity contribution is 7.17. The number of hydrogen-bond donors (Lipinski definition) is 1. The number of aromatic nitrogens is 2. The third-order valence-electron chi connectivity index (χ3n) is 4.87. The number of thiophene rings is 1. The van der Waals surface area contributed by atoms with Crippen LogP contribution in [0.4, 0.5) is 5.69 Å². The van der Waals surface area contributed by atoms with E-state index in [4.69, 9.17) is 10.00 Å². The van der Waals surface area contributed by atoms with Crippen molar-refractivity contribution in [1.29, 1.82) is 5.26 Å². The molecule has 4 rings (SSSR count). The molecule has 0 aliphatic heterocycles. The minimum absolute atomic E-state index is 0.313. The van der Waals surface area contributed by atoms with Gasteiger partial charge in [-0.15, -0.1) is 11.3 Å². The zero-order valence-electron chi connectivity index (χ0n) is 16.9. The van der Waals surface area contributed by atoms with Gasteiger partial charge in [0.2, 0.25) is 0 Å². The van der Waals surface area contributed by atoms with Crippen LogP contribution in [-0.4, -0.2) is 22.6 Å². The van der Waals surface area contributed by atoms with E-state index in [1.807, 2.05) is 67.1 Å². The van der Waals surface area contributed by atoms with Crippen molar-refractivity contribution in [3.8, 4) is 16.5 Å². The molecule has 4 aromatic rings. The molecular formula is C24H20N4O2S. The molecule has 2 aromatic carbocycles. The van der Waals surface area contributed by atoms with Gasteiger partial charge in [0.05, 0.1) is 37.3 Å². The Balaban J connectivity index is 1.39. The van der Waals surface area contributed by atoms with Crippen molar-refractivity contribution in [2.75, 3.05) is 12.4 Å². The van der Waals surface area contributed by atoms with Crippen LogP contribution < -0.4 is 5.32 Å². The van der Waals surface area contributed by atoms with E-state index in [1.54, 1.807) is 6.07 Å². The largest absolute Gasteiger partial charge is 0.465 e. The summed E-state index contributed by atoms with van der Waals surface area (Å²) in [6, 6.07) is 21.5. The number of carbonyl (C=O) groups excluding carboxylic acids is 1. The van der Waals surface area contributed by atoms with Crippen LogP contribution in [0.1, 0.15) is 26.5 Å². The molecule has 154 valence electrons. The second-order valence-corrected chi connectivity index (χ2v) is 7.99. The molecule has 0 saturated carbocycles. The molecule has 6 nitrogen and oxygen atoms in total. The molecule has 0 bridgehead atoms. The van der Waals surface area contributed by atoms with Gasteiger partial charge in [-0.3, -0.25) is 0 Å². The number of ether oxygens (including phenoxy) is 1. The molecule has 2 aromatic heterocycles. The molecule has 1 N–H and O–H groups in total. The first-order valence-corrected chi connectivity index (χ1v) is 10.5. The van der Waals surface area contributed by atoms with Gasteiger partial charge in [-0.1, -0.05) is 24.3 Å². The van der Waals surface area contributed by atoms with E-state index in [-0.39, 0.29) is 5.97 Å². The van der Waals surface area contributed by atoms with Crippen LogP contribution in [0.3, 0.4) is 0 Å². The Morgan fingerprint density at radius 1 is 1.13 bits per heavy atom. The smallest absolute Gasteiger partial charge is 0.348 e. The van der Waals surface area contributed by atoms with Gasteiger partial charge in [-0.25, -0.2) is 9.78 Å². The Morgan fingerprint density at radius 2 is 1.90 bits per heavy atom. The number of nitrogens with one attached hydrogen (secondary N) is 1. The van der Waals surface area contributed by atoms with Gasteiger partial charge >= 0.3 is 5.97 Å². The lowest BCUT2D eigenvalue weighted by atomic mass is 10.1. The predicted octanol–water partition coefficient (Wildman–Crippen LogP) is 4.93. The first kappa shape index (κ1) is 20.4. The third kappa shape index (κ3) is 4.82. The average Bonchev–Trinajstić information content (AvgIpc) is 3.48. The van der Waals surface area contributed by atoms with Gasteiger partial charge in [-0.2, -0.15) is 5.26 Å². The van der Waals surface area contributed by atoms with Crippen LogP contribution in [-0.2, 0) is 17.8 Å². The predicted molar refractivity (Wildman–Crippen MR) is 121 cm³/mol. The molecule has 2 heterocycles. The van der Waals surface area contributed by atoms with Crippen molar-refractivity contribution in [2.45, 2.75) is 13.1 Å². The van der Waals surface area contributed by atoms with E-state index in [0.29, 0.717) is 23.5 Å². The number of nitrogens with zero attached hydrogens (tertiary/aromatic N) is 3. The van der Waals surface area contributed by atoms with E-state index in [9.17, 15) is 4.79 Å². The third-order valence-corrected chi connectivity index (χ3v) is 5.98. The summed E-state index contributed by atoms with van der Waals surface area (Å²) in [6.07, 6.45) is 3.67. The van der Waals surface area contributed by atoms with E-state index in [1.165, 1.54) is 18.4 Å². The maximum atomic E-state index is 11.6. The number of rotatable bonds is 7. The zero-order valence-corrected chi connectivity index (χ0v) is 17.7. The van der Waals surface area contributed by atoms with Crippen molar-refractivity contribution in [3.63, 3.8) is 0 Å². The molecule has 0 atom stereocenters. The summed E-state index contributed by atoms with van der Waals surface area (Å²) >= 11 is 1.42. The van der Waals surface area contributed by atoms with Crippen LogP contribution in [0.25, 0.3) is 10.4 Å². The quantitative estimate of drug-likeness (QED) is 0.422. The van der Waals surface area contributed by atoms with E-state index >= 15 is 0 Å². The van der Waals surface area contributed by atoms with E-state index in [0.717, 1.165) is 27.4 Å². The van der Waals surface area contributed by atoms with Crippen LogP contribution in [0.2, 0.25) is 0 Å². The Bertz CT molecular complexity index is 1220. The lowest BCUT2D eigenvalue weighted by Crippen LogP contribution is -2.08. The summed E-state index contributed by atoms with van der Waals surface area (Å²) < 4.78 is 6.86. The molecule has 31 heavy (non-hydrogen) atoms. The minimum atomic E-state index is -0.313. The van der Waals surface area contributed by atoms with Gasteiger partial charge in [0, 0.05) is 23.3 Å². The van der Waals surface area contributed by atoms with Crippen molar-refractivity contribution >= 4 is 23.0 Å². The Kier molecular flexibility index (Phi) is 6.11. The molecular weight excluding hydrogens is 408 g/mol. The number of methoxy groups -OCH3 is 1. The topological polar surface area (TPSA) is 79.9 Å². The van der Waals surface area contributed by atoms with E-state index < -0.39 is 0 Å². The average molecular weight is 429 g/mol. The highest BCUT2D eigenvalue weighted by Crippen LogP contribution is 2.29. The van der Waals surface area contributed by atoms with Crippen LogP contribution >= 0.6 is 11.3 Å². The lowest BCUT2D eigenvalue weighted by molar-refractivity contribution is 0.0606. The number of carbonyl (C=O) groups is 1. The van der Waals surface area contributed by atoms with Gasteiger partial charge in [-0.05, 0) is 47.5 Å². The Morgan fingerprint density at radius 3 is 2.61 bits per heavy atom. The highest BCUT2D eigenvalue weighted by Gasteiger charge is 2.10. The second-order valence-electron chi connectivity index (χ2n) is 6.91. The maximum Gasteiger partial charge on any atom is 0.348 e. The number of imidazole rings is 1. The first-order valence-electron chi connectivity index (χ1n) is 9.67. The Hall–Kier alpha value is -3.89. The normalized spacial score (nSPS) is 10.5. The fourth-order valence-electron chi connectivity index (χ4n) is 3.17. The molecule has 0 spiro atoms. The summed E-state index contributed by atoms with van der Waals surface area (Å²) in [5.41, 5.74) is 4.89. The SMILES string of the molecule is COC(=O)c1ccc(-c2ccc(NCc3cncn3Cc3ccc(C#N)cc3)cc2)s1. The fourth-order valence-corrected chi connectivity index (χ4v) is 4.10. The molecule has 0 radical (unpaired) electrons. The van der Waals surface area contributed by atoms with Crippen LogP contribution in [0.15, 0.2) is 73.2 Å². The van der Waals surface area contributed by atoms with Gasteiger partial charge in [0.15, 0.2) is 0 Å². The molecule has 0 fully saturated rings. The summed E-state index contributed by atoms with van der Waals surface area (Å²) in [5.74, 6) is -0.313.